The van der Waals surface area contributed by atoms with E-state index in [9.17, 15) is 4.79 Å². The Hall–Kier alpha value is -2.25. The minimum Gasteiger partial charge on any atom is -0.490 e. The largest absolute Gasteiger partial charge is 0.490 e. The van der Waals surface area contributed by atoms with Gasteiger partial charge in [0.2, 0.25) is 0 Å². The third-order valence-corrected chi connectivity index (χ3v) is 4.44. The van der Waals surface area contributed by atoms with Crippen LogP contribution in [0.3, 0.4) is 0 Å². The van der Waals surface area contributed by atoms with E-state index in [1.54, 1.807) is 0 Å². The Morgan fingerprint density at radius 3 is 2.74 bits per heavy atom. The lowest BCUT2D eigenvalue weighted by Crippen LogP contribution is -2.30. The molecule has 1 aromatic heterocycles. The Balaban J connectivity index is 0.00000261. The molecule has 1 atom stereocenters. The maximum atomic E-state index is 12.7. The van der Waals surface area contributed by atoms with Crippen molar-refractivity contribution in [2.24, 2.45) is 0 Å². The first-order chi connectivity index (χ1) is 12.6. The van der Waals surface area contributed by atoms with Crippen LogP contribution in [-0.4, -0.2) is 35.9 Å². The maximum Gasteiger partial charge on any atom is 0.272 e. The van der Waals surface area contributed by atoms with Crippen LogP contribution in [0.25, 0.3) is 0 Å². The van der Waals surface area contributed by atoms with Gasteiger partial charge in [-0.2, -0.15) is 5.10 Å². The summed E-state index contributed by atoms with van der Waals surface area (Å²) in [6.45, 7) is 8.51. The number of H-pyrrole nitrogens is 1. The molecule has 27 heavy (non-hydrogen) atoms. The number of aromatic amines is 1. The first-order valence-electron chi connectivity index (χ1n) is 9.11. The predicted octanol–water partition coefficient (Wildman–Crippen LogP) is 2.77. The Kier molecular flexibility index (Phi) is 7.50. The second-order valence-electron chi connectivity index (χ2n) is 6.22. The molecule has 148 valence electrons. The molecule has 1 amide bonds. The van der Waals surface area contributed by atoms with E-state index >= 15 is 0 Å². The molecule has 1 aliphatic heterocycles. The van der Waals surface area contributed by atoms with Crippen LogP contribution >= 0.6 is 12.4 Å². The summed E-state index contributed by atoms with van der Waals surface area (Å²) >= 11 is 0. The van der Waals surface area contributed by atoms with Gasteiger partial charge < -0.3 is 20.1 Å². The second kappa shape index (κ2) is 9.62. The number of carbonyl (C=O) groups is 1. The van der Waals surface area contributed by atoms with E-state index in [0.717, 1.165) is 29.8 Å². The Morgan fingerprint density at radius 1 is 1.26 bits per heavy atom. The third kappa shape index (κ3) is 4.73. The maximum absolute atomic E-state index is 12.7. The highest BCUT2D eigenvalue weighted by Gasteiger charge is 2.23. The normalized spacial score (nSPS) is 13.9. The zero-order chi connectivity index (χ0) is 18.5. The number of aromatic nitrogens is 2. The minimum absolute atomic E-state index is 0. The molecule has 0 saturated heterocycles. The van der Waals surface area contributed by atoms with Crippen molar-refractivity contribution in [1.82, 2.24) is 20.8 Å². The van der Waals surface area contributed by atoms with Crippen molar-refractivity contribution in [3.8, 4) is 11.5 Å². The Labute approximate surface area is 165 Å². The molecule has 7 nitrogen and oxygen atoms in total. The zero-order valence-corrected chi connectivity index (χ0v) is 16.7. The van der Waals surface area contributed by atoms with Crippen LogP contribution in [0.1, 0.15) is 54.1 Å². The van der Waals surface area contributed by atoms with Gasteiger partial charge in [0.25, 0.3) is 5.91 Å². The van der Waals surface area contributed by atoms with Crippen molar-refractivity contribution in [3.05, 3.63) is 40.7 Å². The van der Waals surface area contributed by atoms with Crippen molar-refractivity contribution in [3.63, 3.8) is 0 Å². The van der Waals surface area contributed by atoms with Crippen LogP contribution in [0.15, 0.2) is 18.2 Å². The van der Waals surface area contributed by atoms with Crippen LogP contribution < -0.4 is 20.1 Å². The molecule has 1 aliphatic rings. The summed E-state index contributed by atoms with van der Waals surface area (Å²) in [7, 11) is 0. The van der Waals surface area contributed by atoms with Gasteiger partial charge in [-0.05, 0) is 38.5 Å². The molecule has 2 aromatic rings. The fourth-order valence-corrected chi connectivity index (χ4v) is 3.10. The first-order valence-corrected chi connectivity index (χ1v) is 9.11. The number of hydrogen-bond donors (Lipinski definition) is 3. The summed E-state index contributed by atoms with van der Waals surface area (Å²) in [6.07, 6.45) is 0.863. The quantitative estimate of drug-likeness (QED) is 0.672. The van der Waals surface area contributed by atoms with Gasteiger partial charge in [-0.1, -0.05) is 6.07 Å². The van der Waals surface area contributed by atoms with E-state index in [0.29, 0.717) is 37.0 Å². The number of halogens is 1. The topological polar surface area (TPSA) is 88.3 Å². The molecule has 3 N–H and O–H groups in total. The van der Waals surface area contributed by atoms with Crippen LogP contribution in [0.2, 0.25) is 0 Å². The van der Waals surface area contributed by atoms with Crippen molar-refractivity contribution in [1.29, 1.82) is 0 Å². The van der Waals surface area contributed by atoms with Crippen molar-refractivity contribution in [2.75, 3.05) is 19.8 Å². The molecule has 1 aromatic carbocycles. The molecule has 0 bridgehead atoms. The lowest BCUT2D eigenvalue weighted by Gasteiger charge is -2.18. The number of rotatable bonds is 7. The third-order valence-electron chi connectivity index (χ3n) is 4.44. The molecule has 0 fully saturated rings. The molecule has 0 radical (unpaired) electrons. The van der Waals surface area contributed by atoms with Gasteiger partial charge in [0.1, 0.15) is 0 Å². The molecule has 2 heterocycles. The van der Waals surface area contributed by atoms with Gasteiger partial charge in [-0.3, -0.25) is 9.89 Å². The monoisotopic (exact) mass is 394 g/mol. The van der Waals surface area contributed by atoms with Gasteiger partial charge in [0.15, 0.2) is 17.2 Å². The standard InChI is InChI=1S/C19H26N4O3.ClH/c1-4-25-16-7-6-13(10-17(16)26-5-2)12(3)21-19(24)18-14-11-20-9-8-15(14)22-23-18;/h6-7,10,12,20H,4-5,8-9,11H2,1-3H3,(H,21,24)(H,22,23);1H. The van der Waals surface area contributed by atoms with Crippen molar-refractivity contribution >= 4 is 18.3 Å². The average Bonchev–Trinajstić information content (AvgIpc) is 3.07. The molecular formula is C19H27ClN4O3. The summed E-state index contributed by atoms with van der Waals surface area (Å²) in [5.74, 6) is 1.23. The highest BCUT2D eigenvalue weighted by atomic mass is 35.5. The summed E-state index contributed by atoms with van der Waals surface area (Å²) in [4.78, 5) is 12.7. The molecule has 0 aliphatic carbocycles. The highest BCUT2D eigenvalue weighted by molar-refractivity contribution is 5.94. The molecule has 0 spiro atoms. The van der Waals surface area contributed by atoms with Crippen LogP contribution in [-0.2, 0) is 13.0 Å². The molecule has 8 heteroatoms. The van der Waals surface area contributed by atoms with E-state index in [1.807, 2.05) is 39.0 Å². The van der Waals surface area contributed by atoms with Gasteiger partial charge >= 0.3 is 0 Å². The van der Waals surface area contributed by atoms with E-state index in [2.05, 4.69) is 20.8 Å². The number of nitrogens with one attached hydrogen (secondary N) is 3. The van der Waals surface area contributed by atoms with Crippen LogP contribution in [0.5, 0.6) is 11.5 Å². The Morgan fingerprint density at radius 2 is 2.00 bits per heavy atom. The Bertz CT molecular complexity index is 778. The van der Waals surface area contributed by atoms with E-state index < -0.39 is 0 Å². The first kappa shape index (κ1) is 21.1. The summed E-state index contributed by atoms with van der Waals surface area (Å²) < 4.78 is 11.3. The molecular weight excluding hydrogens is 368 g/mol. The van der Waals surface area contributed by atoms with E-state index in [-0.39, 0.29) is 24.4 Å². The van der Waals surface area contributed by atoms with Gasteiger partial charge in [-0.25, -0.2) is 0 Å². The van der Waals surface area contributed by atoms with Gasteiger partial charge in [0, 0.05) is 30.8 Å². The smallest absolute Gasteiger partial charge is 0.272 e. The van der Waals surface area contributed by atoms with Crippen LogP contribution in [0, 0.1) is 0 Å². The van der Waals surface area contributed by atoms with E-state index in [1.165, 1.54) is 0 Å². The second-order valence-corrected chi connectivity index (χ2v) is 6.22. The number of carbonyl (C=O) groups excluding carboxylic acids is 1. The lowest BCUT2D eigenvalue weighted by molar-refractivity contribution is 0.0933. The summed E-state index contributed by atoms with van der Waals surface area (Å²) in [6, 6.07) is 5.56. The lowest BCUT2D eigenvalue weighted by atomic mass is 10.1. The summed E-state index contributed by atoms with van der Waals surface area (Å²) in [5, 5.41) is 13.5. The molecule has 3 rings (SSSR count). The molecule has 0 saturated carbocycles. The minimum atomic E-state index is -0.179. The fraction of sp³-hybridized carbons (Fsp3) is 0.474. The van der Waals surface area contributed by atoms with Gasteiger partial charge in [-0.15, -0.1) is 12.4 Å². The predicted molar refractivity (Wildman–Crippen MR) is 106 cm³/mol. The number of fused-ring (bicyclic) bond motifs is 1. The highest BCUT2D eigenvalue weighted by Crippen LogP contribution is 2.31. The molecule has 1 unspecified atom stereocenters. The number of amides is 1. The number of hydrogen-bond acceptors (Lipinski definition) is 5. The number of ether oxygens (including phenoxy) is 2. The van der Waals surface area contributed by atoms with Crippen molar-refractivity contribution < 1.29 is 14.3 Å². The SMILES string of the molecule is CCOc1ccc(C(C)NC(=O)c2n[nH]c3c2CNCC3)cc1OCC.Cl. The van der Waals surface area contributed by atoms with E-state index in [4.69, 9.17) is 9.47 Å². The van der Waals surface area contributed by atoms with Crippen LogP contribution in [0.4, 0.5) is 0 Å². The fourth-order valence-electron chi connectivity index (χ4n) is 3.10. The number of nitrogens with zero attached hydrogens (tertiary/aromatic N) is 1. The van der Waals surface area contributed by atoms with Crippen molar-refractivity contribution in [2.45, 2.75) is 39.8 Å². The zero-order valence-electron chi connectivity index (χ0n) is 15.9. The summed E-state index contributed by atoms with van der Waals surface area (Å²) in [5.41, 5.74) is 3.42. The number of benzene rings is 1. The van der Waals surface area contributed by atoms with Gasteiger partial charge in [0.05, 0.1) is 19.3 Å². The average molecular weight is 395 g/mol.